The summed E-state index contributed by atoms with van der Waals surface area (Å²) in [4.78, 5) is 13.6. The molecule has 0 aromatic heterocycles. The molecule has 0 aromatic rings. The second-order valence-corrected chi connectivity index (χ2v) is 3.71. The highest BCUT2D eigenvalue weighted by Crippen LogP contribution is 2.05. The van der Waals surface area contributed by atoms with Crippen molar-refractivity contribution in [1.82, 2.24) is 5.32 Å². The van der Waals surface area contributed by atoms with E-state index in [0.717, 1.165) is 0 Å². The van der Waals surface area contributed by atoms with E-state index in [0.29, 0.717) is 6.54 Å². The summed E-state index contributed by atoms with van der Waals surface area (Å²) in [6, 6.07) is 0. The lowest BCUT2D eigenvalue weighted by Gasteiger charge is -2.18. The summed E-state index contributed by atoms with van der Waals surface area (Å²) in [5.41, 5.74) is 7.65. The van der Waals surface area contributed by atoms with E-state index in [1.165, 1.54) is 0 Å². The Labute approximate surface area is 83.3 Å². The van der Waals surface area contributed by atoms with E-state index < -0.39 is 0 Å². The lowest BCUT2D eigenvalue weighted by Crippen LogP contribution is -2.33. The molecule has 0 bridgehead atoms. The molecule has 1 amide bonds. The Morgan fingerprint density at radius 2 is 2.21 bits per heavy atom. The summed E-state index contributed by atoms with van der Waals surface area (Å²) < 4.78 is 5.23. The van der Waals surface area contributed by atoms with Crippen molar-refractivity contribution in [1.29, 1.82) is 0 Å². The molecule has 6 nitrogen and oxygen atoms in total. The molecule has 0 saturated heterocycles. The smallest absolute Gasteiger partial charge is 0.246 e. The number of nitrogens with zero attached hydrogens (tertiary/aromatic N) is 3. The van der Waals surface area contributed by atoms with E-state index in [1.54, 1.807) is 0 Å². The summed E-state index contributed by atoms with van der Waals surface area (Å²) in [6.07, 6.45) is 0. The Balaban J connectivity index is 3.51. The van der Waals surface area contributed by atoms with Crippen LogP contribution in [0.4, 0.5) is 0 Å². The zero-order valence-electron chi connectivity index (χ0n) is 8.78. The molecule has 0 radical (unpaired) electrons. The van der Waals surface area contributed by atoms with Crippen LogP contribution in [0, 0.1) is 0 Å². The molecular weight excluding hydrogens is 184 g/mol. The fourth-order valence-corrected chi connectivity index (χ4v) is 0.623. The molecule has 0 unspecified atom stereocenters. The fourth-order valence-electron chi connectivity index (χ4n) is 0.623. The van der Waals surface area contributed by atoms with Gasteiger partial charge in [0.2, 0.25) is 5.91 Å². The first kappa shape index (κ1) is 12.7. The van der Waals surface area contributed by atoms with Crippen molar-refractivity contribution >= 4 is 5.91 Å². The number of azide groups is 1. The van der Waals surface area contributed by atoms with Crippen molar-refractivity contribution in [3.8, 4) is 0 Å². The molecule has 0 atom stereocenters. The Kier molecular flexibility index (Phi) is 5.67. The van der Waals surface area contributed by atoms with Crippen LogP contribution in [-0.2, 0) is 9.53 Å². The van der Waals surface area contributed by atoms with Crippen molar-refractivity contribution in [2.75, 3.05) is 19.7 Å². The maximum atomic E-state index is 11.1. The third-order valence-electron chi connectivity index (χ3n) is 1.23. The molecule has 0 aromatic carbocycles. The monoisotopic (exact) mass is 200 g/mol. The summed E-state index contributed by atoms with van der Waals surface area (Å²) >= 11 is 0. The molecule has 0 spiro atoms. The van der Waals surface area contributed by atoms with Gasteiger partial charge in [-0.15, -0.1) is 0 Å². The number of hydrogen-bond donors (Lipinski definition) is 1. The van der Waals surface area contributed by atoms with Crippen LogP contribution >= 0.6 is 0 Å². The van der Waals surface area contributed by atoms with Gasteiger partial charge in [-0.25, -0.2) is 0 Å². The lowest BCUT2D eigenvalue weighted by molar-refractivity contribution is -0.130. The largest absolute Gasteiger partial charge is 0.366 e. The van der Waals surface area contributed by atoms with E-state index in [1.807, 2.05) is 20.8 Å². The Morgan fingerprint density at radius 1 is 1.57 bits per heavy atom. The van der Waals surface area contributed by atoms with E-state index >= 15 is 0 Å². The summed E-state index contributed by atoms with van der Waals surface area (Å²) in [5, 5.41) is 5.84. The van der Waals surface area contributed by atoms with E-state index in [2.05, 4.69) is 15.3 Å². The van der Waals surface area contributed by atoms with Gasteiger partial charge in [-0.1, -0.05) is 5.11 Å². The number of carbonyl (C=O) groups excluding carboxylic acids is 1. The number of hydrogen-bond acceptors (Lipinski definition) is 3. The van der Waals surface area contributed by atoms with Crippen LogP contribution < -0.4 is 5.32 Å². The van der Waals surface area contributed by atoms with Gasteiger partial charge in [0.05, 0.1) is 5.60 Å². The number of nitrogens with one attached hydrogen (secondary N) is 1. The zero-order chi connectivity index (χ0) is 11.0. The molecule has 0 heterocycles. The van der Waals surface area contributed by atoms with Crippen molar-refractivity contribution in [3.05, 3.63) is 10.4 Å². The van der Waals surface area contributed by atoms with E-state index in [-0.39, 0.29) is 24.7 Å². The molecule has 0 fully saturated rings. The van der Waals surface area contributed by atoms with Crippen molar-refractivity contribution < 1.29 is 9.53 Å². The fraction of sp³-hybridized carbons (Fsp3) is 0.875. The maximum absolute atomic E-state index is 11.1. The summed E-state index contributed by atoms with van der Waals surface area (Å²) in [7, 11) is 0. The third-order valence-corrected chi connectivity index (χ3v) is 1.23. The van der Waals surface area contributed by atoms with E-state index in [9.17, 15) is 4.79 Å². The minimum atomic E-state index is -0.317. The highest BCUT2D eigenvalue weighted by molar-refractivity contribution is 5.77. The van der Waals surface area contributed by atoms with Gasteiger partial charge in [-0.2, -0.15) is 0 Å². The van der Waals surface area contributed by atoms with Crippen LogP contribution in [0.5, 0.6) is 0 Å². The summed E-state index contributed by atoms with van der Waals surface area (Å²) in [6.45, 7) is 6.26. The maximum Gasteiger partial charge on any atom is 0.246 e. The number of amides is 1. The Morgan fingerprint density at radius 3 is 2.71 bits per heavy atom. The van der Waals surface area contributed by atoms with Gasteiger partial charge in [0, 0.05) is 18.0 Å². The average Bonchev–Trinajstić information content (AvgIpc) is 2.08. The molecule has 0 aliphatic rings. The van der Waals surface area contributed by atoms with Crippen molar-refractivity contribution in [2.45, 2.75) is 26.4 Å². The van der Waals surface area contributed by atoms with Crippen LogP contribution in [-0.4, -0.2) is 31.2 Å². The van der Waals surface area contributed by atoms with Crippen molar-refractivity contribution in [3.63, 3.8) is 0 Å². The minimum Gasteiger partial charge on any atom is -0.366 e. The molecule has 0 saturated carbocycles. The number of carbonyl (C=O) groups is 1. The van der Waals surface area contributed by atoms with Gasteiger partial charge in [0.25, 0.3) is 0 Å². The SMILES string of the molecule is CC(C)(C)OCC(=O)NCCN=[N+]=[N-]. The zero-order valence-corrected chi connectivity index (χ0v) is 8.78. The van der Waals surface area contributed by atoms with Crippen molar-refractivity contribution in [2.24, 2.45) is 5.11 Å². The molecular formula is C8H16N4O2. The lowest BCUT2D eigenvalue weighted by atomic mass is 10.2. The predicted octanol–water partition coefficient (Wildman–Crippen LogP) is 1.23. The molecule has 0 rings (SSSR count). The molecule has 1 N–H and O–H groups in total. The number of rotatable bonds is 5. The topological polar surface area (TPSA) is 87.1 Å². The average molecular weight is 200 g/mol. The molecule has 14 heavy (non-hydrogen) atoms. The molecule has 6 heteroatoms. The van der Waals surface area contributed by atoms with Gasteiger partial charge >= 0.3 is 0 Å². The van der Waals surface area contributed by atoms with Gasteiger partial charge in [0.1, 0.15) is 6.61 Å². The first-order valence-electron chi connectivity index (χ1n) is 4.37. The highest BCUT2D eigenvalue weighted by Gasteiger charge is 2.12. The Bertz CT molecular complexity index is 228. The van der Waals surface area contributed by atoms with Crippen LogP contribution in [0.2, 0.25) is 0 Å². The van der Waals surface area contributed by atoms with Crippen LogP contribution in [0.15, 0.2) is 5.11 Å². The quantitative estimate of drug-likeness (QED) is 0.313. The van der Waals surface area contributed by atoms with Gasteiger partial charge in [-0.05, 0) is 26.3 Å². The Hall–Kier alpha value is -1.26. The molecule has 0 aliphatic heterocycles. The highest BCUT2D eigenvalue weighted by atomic mass is 16.5. The second kappa shape index (κ2) is 6.23. The van der Waals surface area contributed by atoms with E-state index in [4.69, 9.17) is 10.3 Å². The van der Waals surface area contributed by atoms with Gasteiger partial charge in [-0.3, -0.25) is 4.79 Å². The van der Waals surface area contributed by atoms with Crippen LogP contribution in [0.1, 0.15) is 20.8 Å². The van der Waals surface area contributed by atoms with Crippen LogP contribution in [0.25, 0.3) is 10.4 Å². The third kappa shape index (κ3) is 8.83. The predicted molar refractivity (Wildman–Crippen MR) is 52.7 cm³/mol. The number of ether oxygens (including phenoxy) is 1. The van der Waals surface area contributed by atoms with Gasteiger partial charge < -0.3 is 10.1 Å². The van der Waals surface area contributed by atoms with Gasteiger partial charge in [0.15, 0.2) is 0 Å². The molecule has 0 aliphatic carbocycles. The minimum absolute atomic E-state index is 0.0275. The van der Waals surface area contributed by atoms with Crippen LogP contribution in [0.3, 0.4) is 0 Å². The second-order valence-electron chi connectivity index (χ2n) is 3.71. The first-order valence-corrected chi connectivity index (χ1v) is 4.37. The standard InChI is InChI=1S/C8H16N4O2/c1-8(2,3)14-6-7(13)10-4-5-11-12-9/h4-6H2,1-3H3,(H,10,13). The first-order chi connectivity index (χ1) is 6.45. The summed E-state index contributed by atoms with van der Waals surface area (Å²) in [5.74, 6) is -0.201. The molecule has 80 valence electrons. The normalized spacial score (nSPS) is 10.5.